The number of rotatable bonds is 3. The molecular weight excluding hydrogens is 278 g/mol. The second kappa shape index (κ2) is 8.65. The fraction of sp³-hybridized carbons (Fsp3) is 0.278. The fourth-order valence-corrected chi connectivity index (χ4v) is 2.67. The molecule has 0 saturated carbocycles. The zero-order valence-corrected chi connectivity index (χ0v) is 13.0. The number of nitrogens with zero attached hydrogens (tertiary/aromatic N) is 1. The van der Waals surface area contributed by atoms with Gasteiger partial charge >= 0.3 is 0 Å². The highest BCUT2D eigenvalue weighted by Crippen LogP contribution is 2.29. The molecule has 3 heteroatoms. The molecule has 2 nitrogen and oxygen atoms in total. The SMILES string of the molecule is C1=NSCC1.CC(c1ccccc1)C(O)c1ccccc1. The molecule has 110 valence electrons. The van der Waals surface area contributed by atoms with Gasteiger partial charge in [-0.25, -0.2) is 4.40 Å². The lowest BCUT2D eigenvalue weighted by Gasteiger charge is -2.19. The molecule has 2 aromatic rings. The number of benzene rings is 2. The molecule has 1 aliphatic heterocycles. The van der Waals surface area contributed by atoms with Crippen molar-refractivity contribution in [2.75, 3.05) is 5.75 Å². The second-order valence-corrected chi connectivity index (χ2v) is 5.84. The first kappa shape index (κ1) is 15.8. The minimum Gasteiger partial charge on any atom is -0.388 e. The first-order valence-electron chi connectivity index (χ1n) is 7.21. The van der Waals surface area contributed by atoms with Crippen LogP contribution >= 0.6 is 11.9 Å². The van der Waals surface area contributed by atoms with E-state index < -0.39 is 6.10 Å². The summed E-state index contributed by atoms with van der Waals surface area (Å²) in [7, 11) is 0. The standard InChI is InChI=1S/C15H16O.C3H5NS/c1-12(13-8-4-2-5-9-13)15(16)14-10-6-3-7-11-14;1-2-4-5-3-1/h2-12,15-16H,1H3;2H,1,3H2. The van der Waals surface area contributed by atoms with Crippen molar-refractivity contribution in [3.05, 3.63) is 71.8 Å². The van der Waals surface area contributed by atoms with E-state index in [4.69, 9.17) is 0 Å². The van der Waals surface area contributed by atoms with Gasteiger partial charge in [0.15, 0.2) is 0 Å². The Kier molecular flexibility index (Phi) is 6.51. The summed E-state index contributed by atoms with van der Waals surface area (Å²) in [6.45, 7) is 2.05. The lowest BCUT2D eigenvalue weighted by atomic mass is 9.91. The largest absolute Gasteiger partial charge is 0.388 e. The van der Waals surface area contributed by atoms with Gasteiger partial charge in [-0.1, -0.05) is 67.6 Å². The smallest absolute Gasteiger partial charge is 0.0855 e. The number of aliphatic hydroxyl groups is 1. The zero-order chi connectivity index (χ0) is 14.9. The fourth-order valence-electron chi connectivity index (χ4n) is 2.14. The van der Waals surface area contributed by atoms with E-state index in [9.17, 15) is 5.11 Å². The highest BCUT2D eigenvalue weighted by Gasteiger charge is 2.17. The summed E-state index contributed by atoms with van der Waals surface area (Å²) >= 11 is 1.64. The van der Waals surface area contributed by atoms with Crippen LogP contribution in [0, 0.1) is 0 Å². The van der Waals surface area contributed by atoms with Crippen LogP contribution in [-0.2, 0) is 0 Å². The molecule has 0 aliphatic carbocycles. The normalized spacial score (nSPS) is 15.9. The highest BCUT2D eigenvalue weighted by molar-refractivity contribution is 7.98. The summed E-state index contributed by atoms with van der Waals surface area (Å²) in [5, 5.41) is 10.2. The van der Waals surface area contributed by atoms with E-state index in [1.165, 1.54) is 17.7 Å². The van der Waals surface area contributed by atoms with Gasteiger partial charge in [0.2, 0.25) is 0 Å². The third-order valence-electron chi connectivity index (χ3n) is 3.43. The molecule has 0 spiro atoms. The Labute approximate surface area is 131 Å². The lowest BCUT2D eigenvalue weighted by Crippen LogP contribution is -2.07. The molecule has 0 aromatic heterocycles. The quantitative estimate of drug-likeness (QED) is 0.838. The minimum absolute atomic E-state index is 0.114. The van der Waals surface area contributed by atoms with Gasteiger partial charge in [0.05, 0.1) is 6.10 Å². The van der Waals surface area contributed by atoms with Gasteiger partial charge in [0.25, 0.3) is 0 Å². The molecular formula is C18H21NOS. The topological polar surface area (TPSA) is 32.6 Å². The first-order chi connectivity index (χ1) is 10.3. The van der Waals surface area contributed by atoms with Gasteiger partial charge in [-0.2, -0.15) is 0 Å². The van der Waals surface area contributed by atoms with Crippen molar-refractivity contribution in [2.24, 2.45) is 4.40 Å². The van der Waals surface area contributed by atoms with Crippen LogP contribution in [0.2, 0.25) is 0 Å². The Morgan fingerprint density at radius 2 is 1.52 bits per heavy atom. The van der Waals surface area contributed by atoms with E-state index in [1.54, 1.807) is 11.9 Å². The van der Waals surface area contributed by atoms with Crippen LogP contribution in [0.3, 0.4) is 0 Å². The molecule has 1 N–H and O–H groups in total. The van der Waals surface area contributed by atoms with Crippen LogP contribution in [0.1, 0.15) is 36.5 Å². The predicted molar refractivity (Wildman–Crippen MR) is 91.8 cm³/mol. The van der Waals surface area contributed by atoms with Gasteiger partial charge < -0.3 is 5.11 Å². The summed E-state index contributed by atoms with van der Waals surface area (Å²) in [4.78, 5) is 0. The summed E-state index contributed by atoms with van der Waals surface area (Å²) in [6.07, 6.45) is 2.68. The van der Waals surface area contributed by atoms with E-state index in [2.05, 4.69) is 16.5 Å². The molecule has 2 unspecified atom stereocenters. The van der Waals surface area contributed by atoms with Gasteiger partial charge in [-0.05, 0) is 29.5 Å². The molecule has 2 aromatic carbocycles. The third kappa shape index (κ3) is 5.03. The van der Waals surface area contributed by atoms with Crippen molar-refractivity contribution < 1.29 is 5.11 Å². The van der Waals surface area contributed by atoms with E-state index >= 15 is 0 Å². The van der Waals surface area contributed by atoms with E-state index in [-0.39, 0.29) is 5.92 Å². The maximum atomic E-state index is 10.2. The van der Waals surface area contributed by atoms with Gasteiger partial charge in [-0.3, -0.25) is 0 Å². The molecule has 1 aliphatic rings. The van der Waals surface area contributed by atoms with Gasteiger partial charge in [0, 0.05) is 17.9 Å². The number of hydrogen-bond acceptors (Lipinski definition) is 3. The van der Waals surface area contributed by atoms with Crippen molar-refractivity contribution in [3.63, 3.8) is 0 Å². The maximum absolute atomic E-state index is 10.2. The van der Waals surface area contributed by atoms with Crippen LogP contribution in [0.25, 0.3) is 0 Å². The first-order valence-corrected chi connectivity index (χ1v) is 8.15. The van der Waals surface area contributed by atoms with E-state index in [1.807, 2.05) is 61.7 Å². The summed E-state index contributed by atoms with van der Waals surface area (Å²) < 4.78 is 3.88. The molecule has 1 heterocycles. The molecule has 0 saturated heterocycles. The van der Waals surface area contributed by atoms with Crippen LogP contribution in [0.5, 0.6) is 0 Å². The predicted octanol–water partition coefficient (Wildman–Crippen LogP) is 4.63. The monoisotopic (exact) mass is 299 g/mol. The third-order valence-corrected chi connectivity index (χ3v) is 4.14. The zero-order valence-electron chi connectivity index (χ0n) is 12.2. The van der Waals surface area contributed by atoms with Crippen molar-refractivity contribution >= 4 is 18.2 Å². The van der Waals surface area contributed by atoms with Crippen LogP contribution in [0.15, 0.2) is 65.1 Å². The van der Waals surface area contributed by atoms with Crippen molar-refractivity contribution in [1.82, 2.24) is 0 Å². The van der Waals surface area contributed by atoms with Crippen molar-refractivity contribution in [1.29, 1.82) is 0 Å². The van der Waals surface area contributed by atoms with Crippen molar-refractivity contribution in [3.8, 4) is 0 Å². The lowest BCUT2D eigenvalue weighted by molar-refractivity contribution is 0.151. The summed E-state index contributed by atoms with van der Waals surface area (Å²) in [5.74, 6) is 1.31. The minimum atomic E-state index is -0.441. The number of hydrogen-bond donors (Lipinski definition) is 1. The van der Waals surface area contributed by atoms with E-state index in [0.717, 1.165) is 5.56 Å². The Morgan fingerprint density at radius 3 is 1.95 bits per heavy atom. The Morgan fingerprint density at radius 1 is 0.952 bits per heavy atom. The molecule has 21 heavy (non-hydrogen) atoms. The molecule has 0 amide bonds. The molecule has 0 radical (unpaired) electrons. The molecule has 0 fully saturated rings. The van der Waals surface area contributed by atoms with E-state index in [0.29, 0.717) is 0 Å². The maximum Gasteiger partial charge on any atom is 0.0855 e. The molecule has 3 rings (SSSR count). The average Bonchev–Trinajstić information content (AvgIpc) is 3.15. The summed E-state index contributed by atoms with van der Waals surface area (Å²) in [6, 6.07) is 19.9. The Hall–Kier alpha value is -1.58. The second-order valence-electron chi connectivity index (χ2n) is 4.96. The molecule has 2 atom stereocenters. The number of aliphatic hydroxyl groups excluding tert-OH is 1. The highest BCUT2D eigenvalue weighted by atomic mass is 32.2. The Balaban J connectivity index is 0.000000272. The van der Waals surface area contributed by atoms with Crippen LogP contribution in [-0.4, -0.2) is 17.1 Å². The van der Waals surface area contributed by atoms with Gasteiger partial charge in [0.1, 0.15) is 0 Å². The summed E-state index contributed by atoms with van der Waals surface area (Å²) in [5.41, 5.74) is 2.14. The van der Waals surface area contributed by atoms with Gasteiger partial charge in [-0.15, -0.1) is 0 Å². The Bertz CT molecular complexity index is 492. The van der Waals surface area contributed by atoms with Crippen LogP contribution in [0.4, 0.5) is 0 Å². The molecule has 0 bridgehead atoms. The van der Waals surface area contributed by atoms with Crippen LogP contribution < -0.4 is 0 Å². The van der Waals surface area contributed by atoms with Crippen molar-refractivity contribution in [2.45, 2.75) is 25.4 Å². The average molecular weight is 299 g/mol.